The molecule has 0 fully saturated rings. The Morgan fingerprint density at radius 3 is 1.24 bits per heavy atom. The average Bonchev–Trinajstić information content (AvgIpc) is 3.81. The molecule has 8 heteroatoms. The quantitative estimate of drug-likeness (QED) is 0.0950. The third-order valence-corrected chi connectivity index (χ3v) is 9.76. The molecular weight excluding hydrogens is 834 g/mol. The Morgan fingerprint density at radius 1 is 0.569 bits per heavy atom. The fraction of sp³-hybridized carbons (Fsp3) is 0.360. The molecule has 0 aliphatic carbocycles. The standard InChI is InChI=1S/2C22H25.C6H12BN2O2.2ClH.Zr/c2*1-15(2)12-17-13-18-8-7-11-21(22(18)14-17)20-10-6-5-9-19(20)16(3)4;1-3-5(10)8-7-9-6(11)4-2;;;/h2*5-11,13-16H,12H2,1-4H3;3-4H2,1-2H3,(H,8,10)(H,9,11);2*1H;/q2*-1;;;;+4/p-2. The molecule has 6 rings (SSSR count). The van der Waals surface area contributed by atoms with Crippen LogP contribution in [0.4, 0.5) is 0 Å². The van der Waals surface area contributed by atoms with Gasteiger partial charge in [0.1, 0.15) is 0 Å². The van der Waals surface area contributed by atoms with Gasteiger partial charge >= 0.3 is 45.4 Å². The van der Waals surface area contributed by atoms with Crippen molar-refractivity contribution in [1.29, 1.82) is 0 Å². The molecule has 0 aliphatic heterocycles. The first-order valence-corrected chi connectivity index (χ1v) is 27.0. The van der Waals surface area contributed by atoms with Gasteiger partial charge in [-0.3, -0.25) is 9.59 Å². The van der Waals surface area contributed by atoms with Gasteiger partial charge in [-0.15, -0.1) is 69.1 Å². The van der Waals surface area contributed by atoms with Crippen LogP contribution in [0.15, 0.2) is 109 Å². The molecule has 6 aromatic rings. The zero-order valence-electron chi connectivity index (χ0n) is 36.2. The molecule has 58 heavy (non-hydrogen) atoms. The Kier molecular flexibility index (Phi) is 21.3. The molecule has 4 nitrogen and oxygen atoms in total. The molecule has 0 unspecified atom stereocenters. The van der Waals surface area contributed by atoms with Gasteiger partial charge < -0.3 is 10.5 Å². The van der Waals surface area contributed by atoms with E-state index in [1.807, 2.05) is 0 Å². The van der Waals surface area contributed by atoms with Crippen molar-refractivity contribution in [2.24, 2.45) is 11.8 Å². The summed E-state index contributed by atoms with van der Waals surface area (Å²) in [6, 6.07) is 40.5. The summed E-state index contributed by atoms with van der Waals surface area (Å²) < 4.78 is 0. The normalized spacial score (nSPS) is 10.7. The summed E-state index contributed by atoms with van der Waals surface area (Å²) in [5, 5.41) is 10.3. The van der Waals surface area contributed by atoms with Crippen molar-refractivity contribution >= 4 is 57.9 Å². The topological polar surface area (TPSA) is 58.2 Å². The van der Waals surface area contributed by atoms with Crippen molar-refractivity contribution in [3.05, 3.63) is 131 Å². The van der Waals surface area contributed by atoms with Crippen molar-refractivity contribution in [3.8, 4) is 22.3 Å². The molecule has 0 saturated heterocycles. The third kappa shape index (κ3) is 15.0. The van der Waals surface area contributed by atoms with E-state index < -0.39 is 20.8 Å². The molecule has 0 heterocycles. The van der Waals surface area contributed by atoms with Gasteiger partial charge in [0.15, 0.2) is 0 Å². The summed E-state index contributed by atoms with van der Waals surface area (Å²) in [6.07, 6.45) is 3.14. The molecule has 0 bridgehead atoms. The van der Waals surface area contributed by atoms with Crippen molar-refractivity contribution in [2.45, 2.75) is 107 Å². The number of hydrogen-bond donors (Lipinski definition) is 2. The first-order chi connectivity index (χ1) is 27.7. The maximum atomic E-state index is 10.6. The maximum absolute atomic E-state index is 10.6. The summed E-state index contributed by atoms with van der Waals surface area (Å²) in [5.41, 5.74) is 11.3. The predicted molar refractivity (Wildman–Crippen MR) is 250 cm³/mol. The van der Waals surface area contributed by atoms with E-state index in [-0.39, 0.29) is 11.8 Å². The van der Waals surface area contributed by atoms with Crippen LogP contribution in [0.1, 0.15) is 116 Å². The number of carbonyl (C=O) groups excluding carboxylic acids is 2. The molecule has 2 N–H and O–H groups in total. The van der Waals surface area contributed by atoms with Crippen LogP contribution in [0, 0.1) is 11.8 Å². The molecule has 2 amide bonds. The molecule has 0 spiro atoms. The van der Waals surface area contributed by atoms with Crippen molar-refractivity contribution in [1.82, 2.24) is 10.5 Å². The van der Waals surface area contributed by atoms with Crippen LogP contribution in [0.5, 0.6) is 0 Å². The van der Waals surface area contributed by atoms with Gasteiger partial charge in [0.05, 0.1) is 0 Å². The van der Waals surface area contributed by atoms with E-state index >= 15 is 0 Å². The monoisotopic (exact) mass is 893 g/mol. The number of rotatable bonds is 12. The molecule has 0 aromatic heterocycles. The van der Waals surface area contributed by atoms with Crippen LogP contribution in [0.3, 0.4) is 0 Å². The third-order valence-electron chi connectivity index (χ3n) is 9.76. The molecule has 1 radical (unpaired) electrons. The Hall–Kier alpha value is -3.43. The minimum absolute atomic E-state index is 0.110. The van der Waals surface area contributed by atoms with Gasteiger partial charge in [-0.1, -0.05) is 141 Å². The molecule has 0 atom stereocenters. The summed E-state index contributed by atoms with van der Waals surface area (Å²) in [5.74, 6) is 2.25. The predicted octanol–water partition coefficient (Wildman–Crippen LogP) is 14.0. The number of fused-ring (bicyclic) bond motifs is 2. The zero-order chi connectivity index (χ0) is 42.8. The number of benzene rings is 4. The van der Waals surface area contributed by atoms with Crippen LogP contribution >= 0.6 is 17.0 Å². The Bertz CT molecular complexity index is 2020. The second-order valence-corrected chi connectivity index (χ2v) is 19.8. The van der Waals surface area contributed by atoms with Crippen LogP contribution in [-0.2, 0) is 43.3 Å². The van der Waals surface area contributed by atoms with Gasteiger partial charge in [-0.2, -0.15) is 12.1 Å². The summed E-state index contributed by atoms with van der Waals surface area (Å²) in [6.45, 7) is 21.7. The Morgan fingerprint density at radius 2 is 0.914 bits per heavy atom. The van der Waals surface area contributed by atoms with Gasteiger partial charge in [0.2, 0.25) is 11.8 Å². The van der Waals surface area contributed by atoms with Crippen LogP contribution in [0.2, 0.25) is 0 Å². The van der Waals surface area contributed by atoms with E-state index in [1.165, 1.54) is 73.6 Å². The fourth-order valence-corrected chi connectivity index (χ4v) is 7.13. The van der Waals surface area contributed by atoms with Crippen molar-refractivity contribution < 1.29 is 30.4 Å². The zero-order valence-corrected chi connectivity index (χ0v) is 40.1. The molecule has 0 saturated carbocycles. The molecule has 305 valence electrons. The SMILES string of the molecule is CC(C)Cc1cc2c(-c3ccccc3C(C)C)cccc2[cH-]1.CC(C)Cc1cc2c(-c3ccccc3C(C)C)cccc2[cH-]1.CCC(=O)N[B]NC(=O)CC.[Cl][Zr+2][Cl]. The Labute approximate surface area is 368 Å². The van der Waals surface area contributed by atoms with E-state index in [4.69, 9.17) is 17.0 Å². The molecular formula is C50H62BCl2N2O2Zr. The number of amides is 2. The van der Waals surface area contributed by atoms with E-state index in [9.17, 15) is 9.59 Å². The molecule has 0 aliphatic rings. The van der Waals surface area contributed by atoms with Gasteiger partial charge in [-0.05, 0) is 58.8 Å². The van der Waals surface area contributed by atoms with E-state index in [0.29, 0.717) is 36.5 Å². The van der Waals surface area contributed by atoms with Crippen LogP contribution < -0.4 is 10.5 Å². The Balaban J connectivity index is 0.000000237. The van der Waals surface area contributed by atoms with E-state index in [0.717, 1.165) is 12.8 Å². The van der Waals surface area contributed by atoms with Gasteiger partial charge in [0, 0.05) is 12.8 Å². The van der Waals surface area contributed by atoms with Crippen molar-refractivity contribution in [3.63, 3.8) is 0 Å². The van der Waals surface area contributed by atoms with Gasteiger partial charge in [-0.25, -0.2) is 0 Å². The van der Waals surface area contributed by atoms with Gasteiger partial charge in [0.25, 0.3) is 0 Å². The average molecular weight is 896 g/mol. The second-order valence-electron chi connectivity index (χ2n) is 16.1. The number of carbonyl (C=O) groups is 2. The van der Waals surface area contributed by atoms with E-state index in [1.54, 1.807) is 13.8 Å². The first kappa shape index (κ1) is 48.9. The second kappa shape index (κ2) is 25.2. The van der Waals surface area contributed by atoms with Crippen LogP contribution in [0.25, 0.3) is 43.8 Å². The van der Waals surface area contributed by atoms with E-state index in [2.05, 4.69) is 175 Å². The minimum atomic E-state index is -0.826. The summed E-state index contributed by atoms with van der Waals surface area (Å²) in [7, 11) is 11.1. The van der Waals surface area contributed by atoms with Crippen molar-refractivity contribution in [2.75, 3.05) is 0 Å². The molecule has 6 aromatic carbocycles. The number of halogens is 2. The number of nitrogens with one attached hydrogen (secondary N) is 2. The number of hydrogen-bond acceptors (Lipinski definition) is 2. The summed E-state index contributed by atoms with van der Waals surface area (Å²) >= 11 is -0.826. The summed E-state index contributed by atoms with van der Waals surface area (Å²) in [4.78, 5) is 21.2. The first-order valence-electron chi connectivity index (χ1n) is 20.7. The fourth-order valence-electron chi connectivity index (χ4n) is 7.13. The van der Waals surface area contributed by atoms with Crippen LogP contribution in [-0.4, -0.2) is 19.4 Å².